The second-order valence-electron chi connectivity index (χ2n) is 9.41. The molecule has 1 aromatic heterocycles. The Morgan fingerprint density at radius 3 is 2.26 bits per heavy atom. The Morgan fingerprint density at radius 2 is 1.61 bits per heavy atom. The normalized spacial score (nSPS) is 14.7. The number of likely N-dealkylation sites (N-methyl/N-ethyl adjacent to an activating group) is 1. The van der Waals surface area contributed by atoms with Gasteiger partial charge in [0.15, 0.2) is 5.88 Å². The molecule has 1 saturated heterocycles. The van der Waals surface area contributed by atoms with Crippen LogP contribution in [0.1, 0.15) is 27.0 Å². The number of hydrogen-bond acceptors (Lipinski definition) is 5. The van der Waals surface area contributed by atoms with E-state index in [1.54, 1.807) is 60.7 Å². The average molecular weight is 531 g/mol. The Morgan fingerprint density at radius 1 is 0.947 bits per heavy atom. The number of aliphatic carboxylic acids is 1. The van der Waals surface area contributed by atoms with Crippen molar-refractivity contribution in [2.45, 2.75) is 6.42 Å². The van der Waals surface area contributed by atoms with E-state index in [4.69, 9.17) is 21.7 Å². The summed E-state index contributed by atoms with van der Waals surface area (Å²) in [4.78, 5) is 36.0. The number of carbonyl (C=O) groups excluding carboxylic acids is 1. The SMILES string of the molecule is CN1CCN(C(=O)c2ccc(N=C(c3ccc(CC(=O)O)cc3)c3c(O)[nH]c4cc(Cl)ccc34)cc2)CC1. The predicted octanol–water partition coefficient (Wildman–Crippen LogP) is 4.71. The molecule has 0 unspecified atom stereocenters. The summed E-state index contributed by atoms with van der Waals surface area (Å²) >= 11 is 6.16. The zero-order chi connectivity index (χ0) is 26.8. The number of fused-ring (bicyclic) bond motifs is 1. The molecule has 1 aliphatic rings. The van der Waals surface area contributed by atoms with E-state index in [1.807, 2.05) is 18.0 Å². The lowest BCUT2D eigenvalue weighted by molar-refractivity contribution is -0.136. The number of H-pyrrole nitrogens is 1. The summed E-state index contributed by atoms with van der Waals surface area (Å²) in [6.07, 6.45) is -0.0909. The number of aromatic nitrogens is 1. The van der Waals surface area contributed by atoms with Crippen LogP contribution in [0.2, 0.25) is 5.02 Å². The summed E-state index contributed by atoms with van der Waals surface area (Å²) in [5.74, 6) is -0.976. The number of halogens is 1. The van der Waals surface area contributed by atoms with Gasteiger partial charge >= 0.3 is 5.97 Å². The van der Waals surface area contributed by atoms with Crippen molar-refractivity contribution in [1.82, 2.24) is 14.8 Å². The van der Waals surface area contributed by atoms with E-state index in [2.05, 4.69) is 9.88 Å². The Balaban J connectivity index is 1.53. The van der Waals surface area contributed by atoms with E-state index in [1.165, 1.54) is 0 Å². The highest BCUT2D eigenvalue weighted by Gasteiger charge is 2.21. The maximum Gasteiger partial charge on any atom is 0.307 e. The van der Waals surface area contributed by atoms with Gasteiger partial charge in [-0.2, -0.15) is 0 Å². The first kappa shape index (κ1) is 25.5. The smallest absolute Gasteiger partial charge is 0.307 e. The number of aliphatic imine (C=N–C) groups is 1. The maximum atomic E-state index is 13.0. The highest BCUT2D eigenvalue weighted by atomic mass is 35.5. The molecule has 5 rings (SSSR count). The number of aromatic amines is 1. The summed E-state index contributed by atoms with van der Waals surface area (Å²) in [5.41, 5.74) is 4.21. The molecule has 0 radical (unpaired) electrons. The standard InChI is InChI=1S/C29H27ClN4O4/c1-33-12-14-34(15-13-33)29(38)20-6-9-22(10-7-20)31-27(19-4-2-18(3-5-19)16-25(35)36)26-23-11-8-21(30)17-24(23)32-28(26)37/h2-11,17,32,37H,12-16H2,1H3,(H,35,36). The molecular weight excluding hydrogens is 504 g/mol. The van der Waals surface area contributed by atoms with Crippen LogP contribution < -0.4 is 0 Å². The fraction of sp³-hybridized carbons (Fsp3) is 0.207. The van der Waals surface area contributed by atoms with Crippen molar-refractivity contribution in [1.29, 1.82) is 0 Å². The van der Waals surface area contributed by atoms with Crippen molar-refractivity contribution in [3.05, 3.63) is 94.0 Å². The van der Waals surface area contributed by atoms with Crippen LogP contribution in [0.15, 0.2) is 71.7 Å². The Bertz CT molecular complexity index is 1520. The van der Waals surface area contributed by atoms with Crippen molar-refractivity contribution in [2.24, 2.45) is 4.99 Å². The number of rotatable bonds is 6. The van der Waals surface area contributed by atoms with Crippen molar-refractivity contribution >= 4 is 45.8 Å². The van der Waals surface area contributed by atoms with Gasteiger partial charge in [-0.3, -0.25) is 9.59 Å². The molecule has 0 spiro atoms. The summed E-state index contributed by atoms with van der Waals surface area (Å²) in [5, 5.41) is 21.3. The van der Waals surface area contributed by atoms with Gasteiger partial charge < -0.3 is 25.0 Å². The number of aromatic hydroxyl groups is 1. The third-order valence-corrected chi connectivity index (χ3v) is 6.94. The lowest BCUT2D eigenvalue weighted by Crippen LogP contribution is -2.47. The summed E-state index contributed by atoms with van der Waals surface area (Å²) in [6, 6.07) is 19.4. The van der Waals surface area contributed by atoms with E-state index in [9.17, 15) is 14.7 Å². The second kappa shape index (κ2) is 10.7. The molecule has 4 aromatic rings. The molecule has 0 bridgehead atoms. The first-order valence-electron chi connectivity index (χ1n) is 12.3. The Kier molecular flexibility index (Phi) is 7.18. The molecule has 3 aromatic carbocycles. The first-order chi connectivity index (χ1) is 18.3. The van der Waals surface area contributed by atoms with Gasteiger partial charge in [0, 0.05) is 47.7 Å². The summed E-state index contributed by atoms with van der Waals surface area (Å²) < 4.78 is 0. The largest absolute Gasteiger partial charge is 0.494 e. The number of carboxylic acids is 1. The molecular formula is C29H27ClN4O4. The minimum absolute atomic E-state index is 0.00553. The van der Waals surface area contributed by atoms with E-state index in [0.717, 1.165) is 18.5 Å². The quantitative estimate of drug-likeness (QED) is 0.313. The van der Waals surface area contributed by atoms with Crippen molar-refractivity contribution in [3.63, 3.8) is 0 Å². The maximum absolute atomic E-state index is 13.0. The number of nitrogens with zero attached hydrogens (tertiary/aromatic N) is 3. The third kappa shape index (κ3) is 5.41. The molecule has 0 atom stereocenters. The second-order valence-corrected chi connectivity index (χ2v) is 9.85. The van der Waals surface area contributed by atoms with Gasteiger partial charge in [0.2, 0.25) is 0 Å². The highest BCUT2D eigenvalue weighted by molar-refractivity contribution is 6.31. The number of amides is 1. The molecule has 8 nitrogen and oxygen atoms in total. The van der Waals surface area contributed by atoms with Crippen molar-refractivity contribution in [2.75, 3.05) is 33.2 Å². The fourth-order valence-corrected chi connectivity index (χ4v) is 4.79. The van der Waals surface area contributed by atoms with Crippen LogP contribution in [-0.4, -0.2) is 75.8 Å². The molecule has 1 amide bonds. The lowest BCUT2D eigenvalue weighted by atomic mass is 9.99. The molecule has 1 fully saturated rings. The Labute approximate surface area is 224 Å². The highest BCUT2D eigenvalue weighted by Crippen LogP contribution is 2.33. The van der Waals surface area contributed by atoms with Crippen LogP contribution in [-0.2, 0) is 11.2 Å². The van der Waals surface area contributed by atoms with Crippen molar-refractivity contribution in [3.8, 4) is 5.88 Å². The number of carboxylic acid groups (broad SMARTS) is 1. The lowest BCUT2D eigenvalue weighted by Gasteiger charge is -2.32. The topological polar surface area (TPSA) is 109 Å². The number of nitrogens with one attached hydrogen (secondary N) is 1. The number of piperazine rings is 1. The van der Waals surface area contributed by atoms with E-state index in [-0.39, 0.29) is 18.2 Å². The van der Waals surface area contributed by atoms with E-state index >= 15 is 0 Å². The van der Waals surface area contributed by atoms with Crippen LogP contribution >= 0.6 is 11.6 Å². The zero-order valence-corrected chi connectivity index (χ0v) is 21.6. The van der Waals surface area contributed by atoms with Gasteiger partial charge in [-0.15, -0.1) is 0 Å². The van der Waals surface area contributed by atoms with Gasteiger partial charge in [0.1, 0.15) is 0 Å². The predicted molar refractivity (Wildman–Crippen MR) is 148 cm³/mol. The van der Waals surface area contributed by atoms with Crippen LogP contribution in [0, 0.1) is 0 Å². The minimum Gasteiger partial charge on any atom is -0.494 e. The van der Waals surface area contributed by atoms with E-state index < -0.39 is 5.97 Å². The number of hydrogen-bond donors (Lipinski definition) is 3. The van der Waals surface area contributed by atoms with Crippen LogP contribution in [0.4, 0.5) is 5.69 Å². The first-order valence-corrected chi connectivity index (χ1v) is 12.6. The Hall–Kier alpha value is -4.14. The number of benzene rings is 3. The monoisotopic (exact) mass is 530 g/mol. The van der Waals surface area contributed by atoms with E-state index in [0.29, 0.717) is 57.3 Å². The minimum atomic E-state index is -0.913. The summed E-state index contributed by atoms with van der Waals surface area (Å²) in [7, 11) is 2.05. The molecule has 0 aliphatic carbocycles. The fourth-order valence-electron chi connectivity index (χ4n) is 4.61. The third-order valence-electron chi connectivity index (χ3n) is 6.71. The van der Waals surface area contributed by atoms with Gasteiger partial charge in [0.25, 0.3) is 5.91 Å². The van der Waals surface area contributed by atoms with Crippen molar-refractivity contribution < 1.29 is 19.8 Å². The molecule has 0 saturated carbocycles. The van der Waals surface area contributed by atoms with Crippen LogP contribution in [0.3, 0.4) is 0 Å². The zero-order valence-electron chi connectivity index (χ0n) is 20.8. The van der Waals surface area contributed by atoms with Crippen LogP contribution in [0.5, 0.6) is 5.88 Å². The molecule has 3 N–H and O–H groups in total. The molecule has 9 heteroatoms. The molecule has 2 heterocycles. The summed E-state index contributed by atoms with van der Waals surface area (Å²) in [6.45, 7) is 3.09. The molecule has 38 heavy (non-hydrogen) atoms. The molecule has 1 aliphatic heterocycles. The van der Waals surface area contributed by atoms with Crippen LogP contribution in [0.25, 0.3) is 10.9 Å². The average Bonchev–Trinajstić information content (AvgIpc) is 3.22. The van der Waals surface area contributed by atoms with Gasteiger partial charge in [-0.05, 0) is 49.0 Å². The number of carbonyl (C=O) groups is 2. The van der Waals surface area contributed by atoms with Gasteiger partial charge in [-0.1, -0.05) is 41.9 Å². The van der Waals surface area contributed by atoms with Gasteiger partial charge in [-0.25, -0.2) is 4.99 Å². The molecule has 194 valence electrons. The van der Waals surface area contributed by atoms with Gasteiger partial charge in [0.05, 0.1) is 28.9 Å².